The van der Waals surface area contributed by atoms with Gasteiger partial charge in [0.25, 0.3) is 5.91 Å². The molecule has 1 fully saturated rings. The smallest absolute Gasteiger partial charge is 0.254 e. The zero-order valence-electron chi connectivity index (χ0n) is 15.0. The van der Waals surface area contributed by atoms with Gasteiger partial charge < -0.3 is 14.5 Å². The van der Waals surface area contributed by atoms with Gasteiger partial charge in [-0.25, -0.2) is 4.98 Å². The number of anilines is 1. The Bertz CT molecular complexity index is 748. The van der Waals surface area contributed by atoms with Gasteiger partial charge in [0, 0.05) is 51.2 Å². The summed E-state index contributed by atoms with van der Waals surface area (Å²) in [4.78, 5) is 25.1. The van der Waals surface area contributed by atoms with Gasteiger partial charge in [0.2, 0.25) is 0 Å². The molecule has 3 heterocycles. The average Bonchev–Trinajstić information content (AvgIpc) is 3.10. The molecule has 1 aliphatic rings. The lowest BCUT2D eigenvalue weighted by molar-refractivity contribution is 0.0771. The minimum Gasteiger partial charge on any atom is -0.485 e. The van der Waals surface area contributed by atoms with E-state index in [0.29, 0.717) is 13.1 Å². The number of amides is 1. The predicted molar refractivity (Wildman–Crippen MR) is 97.1 cm³/mol. The van der Waals surface area contributed by atoms with Gasteiger partial charge in [-0.1, -0.05) is 6.92 Å². The molecule has 2 aromatic heterocycles. The number of pyridine rings is 2. The van der Waals surface area contributed by atoms with E-state index < -0.39 is 0 Å². The summed E-state index contributed by atoms with van der Waals surface area (Å²) in [7, 11) is 3.88. The molecule has 6 nitrogen and oxygen atoms in total. The van der Waals surface area contributed by atoms with Crippen LogP contribution in [-0.4, -0.2) is 54.1 Å². The van der Waals surface area contributed by atoms with Crippen molar-refractivity contribution in [2.45, 2.75) is 25.9 Å². The first-order valence-electron chi connectivity index (χ1n) is 8.61. The van der Waals surface area contributed by atoms with Gasteiger partial charge >= 0.3 is 0 Å². The highest BCUT2D eigenvalue weighted by molar-refractivity contribution is 5.95. The summed E-state index contributed by atoms with van der Waals surface area (Å²) in [6.07, 6.45) is 6.80. The summed E-state index contributed by atoms with van der Waals surface area (Å²) < 4.78 is 6.13. The zero-order chi connectivity index (χ0) is 17.8. The van der Waals surface area contributed by atoms with Gasteiger partial charge in [-0.15, -0.1) is 0 Å². The molecule has 1 amide bonds. The minimum atomic E-state index is -0.0150. The molecule has 132 valence electrons. The molecule has 6 heteroatoms. The Morgan fingerprint density at radius 2 is 2.20 bits per heavy atom. The number of aryl methyl sites for hydroxylation is 1. The van der Waals surface area contributed by atoms with E-state index in [1.54, 1.807) is 24.7 Å². The van der Waals surface area contributed by atoms with Crippen molar-refractivity contribution < 1.29 is 9.53 Å². The van der Waals surface area contributed by atoms with E-state index in [2.05, 4.69) is 9.97 Å². The Hall–Kier alpha value is -2.63. The first-order chi connectivity index (χ1) is 12.1. The monoisotopic (exact) mass is 340 g/mol. The molecular formula is C19H24N4O2. The van der Waals surface area contributed by atoms with Crippen LogP contribution >= 0.6 is 0 Å². The molecule has 0 saturated carbocycles. The number of carbonyl (C=O) groups excluding carboxylic acids is 1. The van der Waals surface area contributed by atoms with Crippen LogP contribution in [0.15, 0.2) is 36.8 Å². The number of likely N-dealkylation sites (tertiary alicyclic amines) is 1. The molecule has 0 aromatic carbocycles. The number of nitrogens with zero attached hydrogens (tertiary/aromatic N) is 4. The molecule has 25 heavy (non-hydrogen) atoms. The maximum Gasteiger partial charge on any atom is 0.254 e. The summed E-state index contributed by atoms with van der Waals surface area (Å²) >= 11 is 0. The van der Waals surface area contributed by atoms with Crippen LogP contribution in [0.4, 0.5) is 5.82 Å². The Morgan fingerprint density at radius 1 is 1.36 bits per heavy atom. The van der Waals surface area contributed by atoms with Crippen LogP contribution < -0.4 is 9.64 Å². The van der Waals surface area contributed by atoms with Crippen LogP contribution in [0.1, 0.15) is 29.3 Å². The first kappa shape index (κ1) is 17.2. The van der Waals surface area contributed by atoms with Gasteiger partial charge in [0.05, 0.1) is 6.54 Å². The second kappa shape index (κ2) is 7.51. The molecule has 1 saturated heterocycles. The fourth-order valence-corrected chi connectivity index (χ4v) is 3.09. The second-order valence-electron chi connectivity index (χ2n) is 6.39. The maximum absolute atomic E-state index is 12.8. The van der Waals surface area contributed by atoms with E-state index >= 15 is 0 Å². The van der Waals surface area contributed by atoms with Crippen molar-refractivity contribution in [3.63, 3.8) is 0 Å². The van der Waals surface area contributed by atoms with E-state index in [4.69, 9.17) is 4.74 Å². The molecule has 1 aliphatic heterocycles. The summed E-state index contributed by atoms with van der Waals surface area (Å²) in [6.45, 7) is 3.33. The molecular weight excluding hydrogens is 316 g/mol. The Kier molecular flexibility index (Phi) is 5.16. The van der Waals surface area contributed by atoms with Crippen molar-refractivity contribution in [2.24, 2.45) is 0 Å². The Morgan fingerprint density at radius 3 is 2.96 bits per heavy atom. The molecule has 0 N–H and O–H groups in total. The van der Waals surface area contributed by atoms with Crippen molar-refractivity contribution in [1.29, 1.82) is 0 Å². The van der Waals surface area contributed by atoms with Crippen molar-refractivity contribution in [1.82, 2.24) is 14.9 Å². The highest BCUT2D eigenvalue weighted by atomic mass is 16.5. The molecule has 0 radical (unpaired) electrons. The predicted octanol–water partition coefficient (Wildman–Crippen LogP) is 2.40. The summed E-state index contributed by atoms with van der Waals surface area (Å²) in [5.74, 6) is 1.61. The number of rotatable bonds is 5. The van der Waals surface area contributed by atoms with E-state index in [-0.39, 0.29) is 12.0 Å². The van der Waals surface area contributed by atoms with E-state index in [1.165, 1.54) is 0 Å². The second-order valence-corrected chi connectivity index (χ2v) is 6.39. The van der Waals surface area contributed by atoms with Crippen LogP contribution in [0.5, 0.6) is 5.75 Å². The van der Waals surface area contributed by atoms with Gasteiger partial charge in [-0.2, -0.15) is 0 Å². The van der Waals surface area contributed by atoms with Crippen LogP contribution in [-0.2, 0) is 6.42 Å². The van der Waals surface area contributed by atoms with Crippen molar-refractivity contribution in [3.05, 3.63) is 47.9 Å². The van der Waals surface area contributed by atoms with Crippen LogP contribution in [0.25, 0.3) is 0 Å². The number of hydrogen-bond donors (Lipinski definition) is 0. The van der Waals surface area contributed by atoms with Crippen LogP contribution in [0.2, 0.25) is 0 Å². The Labute approximate surface area is 148 Å². The largest absolute Gasteiger partial charge is 0.485 e. The normalized spacial score (nSPS) is 16.8. The maximum atomic E-state index is 12.8. The highest BCUT2D eigenvalue weighted by Crippen LogP contribution is 2.27. The van der Waals surface area contributed by atoms with Gasteiger partial charge in [-0.05, 0) is 30.2 Å². The third kappa shape index (κ3) is 3.73. The molecule has 0 spiro atoms. The Balaban J connectivity index is 1.69. The van der Waals surface area contributed by atoms with Crippen LogP contribution in [0.3, 0.4) is 0 Å². The number of aromatic nitrogens is 2. The molecule has 0 aliphatic carbocycles. The van der Waals surface area contributed by atoms with Crippen LogP contribution in [0, 0.1) is 0 Å². The van der Waals surface area contributed by atoms with Crippen molar-refractivity contribution in [2.75, 3.05) is 32.1 Å². The third-order valence-electron chi connectivity index (χ3n) is 4.42. The van der Waals surface area contributed by atoms with Crippen molar-refractivity contribution >= 4 is 11.7 Å². The fraction of sp³-hybridized carbons (Fsp3) is 0.421. The molecule has 2 aromatic rings. The lowest BCUT2D eigenvalue weighted by atomic mass is 10.1. The first-order valence-corrected chi connectivity index (χ1v) is 8.61. The number of ether oxygens (including phenoxy) is 1. The van der Waals surface area contributed by atoms with E-state index in [1.807, 2.05) is 43.0 Å². The summed E-state index contributed by atoms with van der Waals surface area (Å²) in [5, 5.41) is 0. The molecule has 0 bridgehead atoms. The number of carbonyl (C=O) groups is 1. The van der Waals surface area contributed by atoms with E-state index in [0.717, 1.165) is 35.5 Å². The third-order valence-corrected chi connectivity index (χ3v) is 4.42. The topological polar surface area (TPSA) is 58.6 Å². The van der Waals surface area contributed by atoms with Gasteiger partial charge in [0.1, 0.15) is 6.10 Å². The molecule has 3 rings (SSSR count). The quantitative estimate of drug-likeness (QED) is 0.836. The lowest BCUT2D eigenvalue weighted by Crippen LogP contribution is -2.31. The fourth-order valence-electron chi connectivity index (χ4n) is 3.09. The summed E-state index contributed by atoms with van der Waals surface area (Å²) in [5.41, 5.74) is 1.73. The minimum absolute atomic E-state index is 0.0150. The van der Waals surface area contributed by atoms with Gasteiger partial charge in [-0.3, -0.25) is 9.78 Å². The molecule has 0 unspecified atom stereocenters. The molecule has 1 atom stereocenters. The lowest BCUT2D eigenvalue weighted by Gasteiger charge is -2.21. The number of hydrogen-bond acceptors (Lipinski definition) is 5. The summed E-state index contributed by atoms with van der Waals surface area (Å²) in [6, 6.07) is 5.59. The van der Waals surface area contributed by atoms with Crippen molar-refractivity contribution in [3.8, 4) is 5.75 Å². The standard InChI is InChI=1S/C19H24N4O2/c1-4-14-12-20-10-7-16(14)19(24)23-11-8-15(13-23)25-17-6-5-9-21-18(17)22(2)3/h5-7,9-10,12,15H,4,8,11,13H2,1-3H3/t15-/m0/s1. The highest BCUT2D eigenvalue weighted by Gasteiger charge is 2.29. The van der Waals surface area contributed by atoms with E-state index in [9.17, 15) is 4.79 Å². The van der Waals surface area contributed by atoms with Gasteiger partial charge in [0.15, 0.2) is 11.6 Å². The SMILES string of the molecule is CCc1cnccc1C(=O)N1CC[C@H](Oc2cccnc2N(C)C)C1. The zero-order valence-corrected chi connectivity index (χ0v) is 15.0. The average molecular weight is 340 g/mol.